The van der Waals surface area contributed by atoms with Gasteiger partial charge in [-0.1, -0.05) is 30.3 Å². The second-order valence-electron chi connectivity index (χ2n) is 5.19. The normalized spacial score (nSPS) is 16.0. The molecule has 6 nitrogen and oxygen atoms in total. The summed E-state index contributed by atoms with van der Waals surface area (Å²) in [6.07, 6.45) is 0.273. The van der Waals surface area contributed by atoms with Crippen molar-refractivity contribution in [3.8, 4) is 6.07 Å². The SMILES string of the molecule is N#CCS(=O)(=O)C1CCN(C(=O)OCc2ccccc2)CC1. The fraction of sp³-hybridized carbons (Fsp3) is 0.467. The Morgan fingerprint density at radius 2 is 1.91 bits per heavy atom. The average Bonchev–Trinajstić information content (AvgIpc) is 2.54. The van der Waals surface area contributed by atoms with Crippen molar-refractivity contribution in [1.29, 1.82) is 5.26 Å². The van der Waals surface area contributed by atoms with E-state index in [0.717, 1.165) is 5.56 Å². The number of hydrogen-bond donors (Lipinski definition) is 0. The molecule has 0 radical (unpaired) electrons. The fourth-order valence-electron chi connectivity index (χ4n) is 2.42. The average molecular weight is 322 g/mol. The van der Waals surface area contributed by atoms with Crippen molar-refractivity contribution >= 4 is 15.9 Å². The fourth-order valence-corrected chi connectivity index (χ4v) is 3.76. The van der Waals surface area contributed by atoms with Crippen LogP contribution in [0, 0.1) is 11.3 Å². The summed E-state index contributed by atoms with van der Waals surface area (Å²) >= 11 is 0. The Labute approximate surface area is 130 Å². The third kappa shape index (κ3) is 4.21. The van der Waals surface area contributed by atoms with Crippen LogP contribution >= 0.6 is 0 Å². The van der Waals surface area contributed by atoms with Crippen molar-refractivity contribution in [3.05, 3.63) is 35.9 Å². The number of nitriles is 1. The van der Waals surface area contributed by atoms with Crippen molar-refractivity contribution in [2.24, 2.45) is 0 Å². The van der Waals surface area contributed by atoms with Crippen molar-refractivity contribution in [2.75, 3.05) is 18.8 Å². The molecule has 1 aromatic rings. The molecule has 1 saturated heterocycles. The van der Waals surface area contributed by atoms with E-state index in [2.05, 4.69) is 0 Å². The number of amides is 1. The predicted octanol–water partition coefficient (Wildman–Crippen LogP) is 1.73. The first-order chi connectivity index (χ1) is 10.5. The van der Waals surface area contributed by atoms with Crippen molar-refractivity contribution in [2.45, 2.75) is 24.7 Å². The zero-order chi connectivity index (χ0) is 16.0. The van der Waals surface area contributed by atoms with Gasteiger partial charge in [-0.3, -0.25) is 0 Å². The van der Waals surface area contributed by atoms with Gasteiger partial charge in [0.1, 0.15) is 12.4 Å². The van der Waals surface area contributed by atoms with E-state index in [9.17, 15) is 13.2 Å². The van der Waals surface area contributed by atoms with Crippen LogP contribution in [0.3, 0.4) is 0 Å². The first-order valence-corrected chi connectivity index (χ1v) is 8.78. The molecule has 0 saturated carbocycles. The van der Waals surface area contributed by atoms with E-state index in [-0.39, 0.29) is 6.61 Å². The van der Waals surface area contributed by atoms with E-state index in [4.69, 9.17) is 10.00 Å². The molecular weight excluding hydrogens is 304 g/mol. The van der Waals surface area contributed by atoms with Crippen LogP contribution in [0.5, 0.6) is 0 Å². The summed E-state index contributed by atoms with van der Waals surface area (Å²) in [6.45, 7) is 0.873. The standard InChI is InChI=1S/C15H18N2O4S/c16-8-11-22(19,20)14-6-9-17(10-7-14)15(18)21-12-13-4-2-1-3-5-13/h1-5,14H,6-7,9-12H2. The molecule has 0 bridgehead atoms. The van der Waals surface area contributed by atoms with Crippen LogP contribution in [0.15, 0.2) is 30.3 Å². The van der Waals surface area contributed by atoms with Gasteiger partial charge in [0.25, 0.3) is 0 Å². The Morgan fingerprint density at radius 3 is 2.50 bits per heavy atom. The van der Waals surface area contributed by atoms with Gasteiger partial charge in [0.2, 0.25) is 0 Å². The lowest BCUT2D eigenvalue weighted by atomic mass is 10.1. The van der Waals surface area contributed by atoms with Crippen LogP contribution in [-0.4, -0.2) is 43.5 Å². The summed E-state index contributed by atoms with van der Waals surface area (Å²) in [5.41, 5.74) is 0.905. The van der Waals surface area contributed by atoms with Crippen molar-refractivity contribution in [3.63, 3.8) is 0 Å². The van der Waals surface area contributed by atoms with Gasteiger partial charge in [0.15, 0.2) is 9.84 Å². The first-order valence-electron chi connectivity index (χ1n) is 7.07. The van der Waals surface area contributed by atoms with Crippen LogP contribution in [-0.2, 0) is 21.2 Å². The smallest absolute Gasteiger partial charge is 0.410 e. The molecule has 0 aromatic heterocycles. The molecule has 1 aliphatic heterocycles. The molecular formula is C15H18N2O4S. The van der Waals surface area contributed by atoms with Gasteiger partial charge in [-0.25, -0.2) is 13.2 Å². The molecule has 2 rings (SSSR count). The van der Waals surface area contributed by atoms with E-state index >= 15 is 0 Å². The third-order valence-electron chi connectivity index (χ3n) is 3.68. The van der Waals surface area contributed by atoms with Gasteiger partial charge in [-0.15, -0.1) is 0 Å². The quantitative estimate of drug-likeness (QED) is 0.842. The number of sulfone groups is 1. The highest BCUT2D eigenvalue weighted by Crippen LogP contribution is 2.19. The van der Waals surface area contributed by atoms with Gasteiger partial charge in [0, 0.05) is 13.1 Å². The summed E-state index contributed by atoms with van der Waals surface area (Å²) in [5, 5.41) is 8.00. The monoisotopic (exact) mass is 322 g/mol. The van der Waals surface area contributed by atoms with E-state index in [1.54, 1.807) is 6.07 Å². The van der Waals surface area contributed by atoms with Crippen LogP contribution in [0.1, 0.15) is 18.4 Å². The lowest BCUT2D eigenvalue weighted by Crippen LogP contribution is -2.43. The van der Waals surface area contributed by atoms with Crippen LogP contribution in [0.25, 0.3) is 0 Å². The number of benzene rings is 1. The zero-order valence-electron chi connectivity index (χ0n) is 12.1. The van der Waals surface area contributed by atoms with Gasteiger partial charge in [-0.2, -0.15) is 5.26 Å². The number of carbonyl (C=O) groups is 1. The molecule has 1 aliphatic rings. The Bertz CT molecular complexity index is 644. The molecule has 1 aromatic carbocycles. The summed E-state index contributed by atoms with van der Waals surface area (Å²) < 4.78 is 28.9. The maximum Gasteiger partial charge on any atom is 0.410 e. The minimum Gasteiger partial charge on any atom is -0.445 e. The van der Waals surface area contributed by atoms with Crippen LogP contribution in [0.2, 0.25) is 0 Å². The first kappa shape index (κ1) is 16.3. The minimum atomic E-state index is -3.38. The Morgan fingerprint density at radius 1 is 1.27 bits per heavy atom. The highest BCUT2D eigenvalue weighted by Gasteiger charge is 2.31. The molecule has 118 valence electrons. The second kappa shape index (κ2) is 7.27. The molecule has 0 aliphatic carbocycles. The molecule has 0 unspecified atom stereocenters. The number of likely N-dealkylation sites (tertiary alicyclic amines) is 1. The molecule has 1 fully saturated rings. The van der Waals surface area contributed by atoms with Crippen molar-refractivity contribution in [1.82, 2.24) is 4.90 Å². The topological polar surface area (TPSA) is 87.5 Å². The zero-order valence-corrected chi connectivity index (χ0v) is 13.0. The lowest BCUT2D eigenvalue weighted by Gasteiger charge is -2.30. The Kier molecular flexibility index (Phi) is 5.39. The molecule has 0 spiro atoms. The van der Waals surface area contributed by atoms with Gasteiger partial charge in [-0.05, 0) is 18.4 Å². The molecule has 22 heavy (non-hydrogen) atoms. The molecule has 1 amide bonds. The molecule has 0 N–H and O–H groups in total. The molecule has 7 heteroatoms. The van der Waals surface area contributed by atoms with E-state index in [0.29, 0.717) is 25.9 Å². The summed E-state index contributed by atoms with van der Waals surface area (Å²) in [5.74, 6) is -0.462. The van der Waals surface area contributed by atoms with E-state index in [1.807, 2.05) is 30.3 Å². The minimum absolute atomic E-state index is 0.201. The maximum atomic E-state index is 12.0. The Balaban J connectivity index is 1.81. The summed E-state index contributed by atoms with van der Waals surface area (Å²) in [4.78, 5) is 13.5. The summed E-state index contributed by atoms with van der Waals surface area (Å²) in [7, 11) is -3.38. The number of ether oxygens (including phenoxy) is 1. The summed E-state index contributed by atoms with van der Waals surface area (Å²) in [6, 6.07) is 11.0. The third-order valence-corrected chi connectivity index (χ3v) is 5.70. The maximum absolute atomic E-state index is 12.0. The number of rotatable bonds is 4. The number of piperidine rings is 1. The molecule has 0 atom stereocenters. The molecule has 1 heterocycles. The second-order valence-corrected chi connectivity index (χ2v) is 7.47. The number of carbonyl (C=O) groups excluding carboxylic acids is 1. The van der Waals surface area contributed by atoms with Gasteiger partial charge < -0.3 is 9.64 Å². The largest absolute Gasteiger partial charge is 0.445 e. The van der Waals surface area contributed by atoms with E-state index in [1.165, 1.54) is 4.90 Å². The highest BCUT2D eigenvalue weighted by atomic mass is 32.2. The lowest BCUT2D eigenvalue weighted by molar-refractivity contribution is 0.0897. The number of nitrogens with zero attached hydrogens (tertiary/aromatic N) is 2. The van der Waals surface area contributed by atoms with Crippen molar-refractivity contribution < 1.29 is 17.9 Å². The van der Waals surface area contributed by atoms with Gasteiger partial charge in [0.05, 0.1) is 11.3 Å². The Hall–Kier alpha value is -2.07. The highest BCUT2D eigenvalue weighted by molar-refractivity contribution is 7.92. The number of hydrogen-bond acceptors (Lipinski definition) is 5. The predicted molar refractivity (Wildman–Crippen MR) is 80.6 cm³/mol. The van der Waals surface area contributed by atoms with Crippen LogP contribution < -0.4 is 0 Å². The van der Waals surface area contributed by atoms with Gasteiger partial charge >= 0.3 is 6.09 Å². The van der Waals surface area contributed by atoms with E-state index < -0.39 is 26.9 Å². The van der Waals surface area contributed by atoms with Crippen LogP contribution in [0.4, 0.5) is 4.79 Å².